The van der Waals surface area contributed by atoms with E-state index < -0.39 is 0 Å². The highest BCUT2D eigenvalue weighted by molar-refractivity contribution is 5.85. The number of hydrogen-bond donors (Lipinski definition) is 1. The normalized spacial score (nSPS) is 9.75. The van der Waals surface area contributed by atoms with Gasteiger partial charge in [0.05, 0.1) is 6.61 Å². The van der Waals surface area contributed by atoms with Gasteiger partial charge in [-0.1, -0.05) is 12.1 Å². The van der Waals surface area contributed by atoms with Crippen LogP contribution in [0.4, 0.5) is 0 Å². The molecule has 0 aliphatic rings. The van der Waals surface area contributed by atoms with Gasteiger partial charge in [0.25, 0.3) is 0 Å². The SMILES string of the molecule is CNCCN(C)C(=O)CCCOc1cccc(C)c1.Cl. The quantitative estimate of drug-likeness (QED) is 0.749. The van der Waals surface area contributed by atoms with E-state index in [-0.39, 0.29) is 18.3 Å². The van der Waals surface area contributed by atoms with Crippen LogP contribution in [0.25, 0.3) is 0 Å². The van der Waals surface area contributed by atoms with Crippen LogP contribution in [0.5, 0.6) is 5.75 Å². The van der Waals surface area contributed by atoms with E-state index in [0.29, 0.717) is 13.0 Å². The van der Waals surface area contributed by atoms with Crippen LogP contribution in [0.1, 0.15) is 18.4 Å². The number of carbonyl (C=O) groups is 1. The molecule has 0 bridgehead atoms. The molecule has 4 nitrogen and oxygen atoms in total. The van der Waals surface area contributed by atoms with E-state index in [9.17, 15) is 4.79 Å². The zero-order valence-corrected chi connectivity index (χ0v) is 13.3. The van der Waals surface area contributed by atoms with Crippen molar-refractivity contribution in [3.05, 3.63) is 29.8 Å². The summed E-state index contributed by atoms with van der Waals surface area (Å²) in [4.78, 5) is 13.5. The lowest BCUT2D eigenvalue weighted by molar-refractivity contribution is -0.130. The summed E-state index contributed by atoms with van der Waals surface area (Å²) in [5.74, 6) is 1.04. The van der Waals surface area contributed by atoms with Gasteiger partial charge in [-0.2, -0.15) is 0 Å². The third kappa shape index (κ3) is 7.36. The molecular formula is C15H25ClN2O2. The zero-order valence-electron chi connectivity index (χ0n) is 12.5. The van der Waals surface area contributed by atoms with Gasteiger partial charge in [0, 0.05) is 26.6 Å². The van der Waals surface area contributed by atoms with Crippen LogP contribution >= 0.6 is 12.4 Å². The molecule has 0 atom stereocenters. The van der Waals surface area contributed by atoms with Crippen LogP contribution in [0.15, 0.2) is 24.3 Å². The van der Waals surface area contributed by atoms with Gasteiger partial charge >= 0.3 is 0 Å². The summed E-state index contributed by atoms with van der Waals surface area (Å²) in [5.41, 5.74) is 1.18. The van der Waals surface area contributed by atoms with Crippen LogP contribution < -0.4 is 10.1 Å². The smallest absolute Gasteiger partial charge is 0.222 e. The summed E-state index contributed by atoms with van der Waals surface area (Å²) in [6.07, 6.45) is 1.28. The number of amides is 1. The molecule has 0 aromatic heterocycles. The minimum Gasteiger partial charge on any atom is -0.494 e. The maximum absolute atomic E-state index is 11.8. The molecule has 0 saturated carbocycles. The summed E-state index contributed by atoms with van der Waals surface area (Å²) in [7, 11) is 3.72. The molecule has 0 aliphatic carbocycles. The van der Waals surface area contributed by atoms with E-state index >= 15 is 0 Å². The maximum Gasteiger partial charge on any atom is 0.222 e. The van der Waals surface area contributed by atoms with Crippen molar-refractivity contribution in [1.82, 2.24) is 10.2 Å². The van der Waals surface area contributed by atoms with Gasteiger partial charge < -0.3 is 15.0 Å². The van der Waals surface area contributed by atoms with E-state index in [1.54, 1.807) is 4.90 Å². The van der Waals surface area contributed by atoms with Gasteiger partial charge in [0.2, 0.25) is 5.91 Å². The topological polar surface area (TPSA) is 41.6 Å². The second-order valence-electron chi connectivity index (χ2n) is 4.69. The minimum absolute atomic E-state index is 0. The summed E-state index contributed by atoms with van der Waals surface area (Å²) in [6.45, 7) is 4.18. The molecule has 20 heavy (non-hydrogen) atoms. The average molecular weight is 301 g/mol. The largest absolute Gasteiger partial charge is 0.494 e. The fraction of sp³-hybridized carbons (Fsp3) is 0.533. The molecule has 0 radical (unpaired) electrons. The number of likely N-dealkylation sites (N-methyl/N-ethyl adjacent to an activating group) is 2. The Balaban J connectivity index is 0.00000361. The molecule has 0 unspecified atom stereocenters. The first-order valence-corrected chi connectivity index (χ1v) is 6.71. The fourth-order valence-electron chi connectivity index (χ4n) is 1.71. The zero-order chi connectivity index (χ0) is 14.1. The van der Waals surface area contributed by atoms with Crippen LogP contribution in [-0.4, -0.2) is 44.6 Å². The molecule has 1 aromatic carbocycles. The predicted octanol–water partition coefficient (Wildman–Crippen LogP) is 2.25. The van der Waals surface area contributed by atoms with E-state index in [4.69, 9.17) is 4.74 Å². The Kier molecular flexibility index (Phi) is 9.86. The van der Waals surface area contributed by atoms with E-state index in [2.05, 4.69) is 5.32 Å². The summed E-state index contributed by atoms with van der Waals surface area (Å²) >= 11 is 0. The van der Waals surface area contributed by atoms with Crippen LogP contribution in [0.3, 0.4) is 0 Å². The van der Waals surface area contributed by atoms with Gasteiger partial charge in [-0.05, 0) is 38.1 Å². The van der Waals surface area contributed by atoms with Crippen LogP contribution in [0.2, 0.25) is 0 Å². The Morgan fingerprint density at radius 3 is 2.80 bits per heavy atom. The molecule has 114 valence electrons. The second-order valence-corrected chi connectivity index (χ2v) is 4.69. The minimum atomic E-state index is 0. The van der Waals surface area contributed by atoms with Crippen molar-refractivity contribution >= 4 is 18.3 Å². The van der Waals surface area contributed by atoms with E-state index in [1.807, 2.05) is 45.3 Å². The molecule has 5 heteroatoms. The molecule has 1 N–H and O–H groups in total. The number of nitrogens with one attached hydrogen (secondary N) is 1. The van der Waals surface area contributed by atoms with E-state index in [0.717, 1.165) is 25.3 Å². The highest BCUT2D eigenvalue weighted by Gasteiger charge is 2.07. The number of rotatable bonds is 8. The van der Waals surface area contributed by atoms with Gasteiger partial charge in [-0.3, -0.25) is 4.79 Å². The Hall–Kier alpha value is -1.26. The van der Waals surface area contributed by atoms with Crippen molar-refractivity contribution in [3.63, 3.8) is 0 Å². The average Bonchev–Trinajstić information content (AvgIpc) is 2.40. The third-order valence-electron chi connectivity index (χ3n) is 2.92. The van der Waals surface area contributed by atoms with Crippen molar-refractivity contribution < 1.29 is 9.53 Å². The standard InChI is InChI=1S/C15H24N2O2.ClH/c1-13-6-4-7-14(12-13)19-11-5-8-15(18)17(3)10-9-16-2;/h4,6-7,12,16H,5,8-11H2,1-3H3;1H. The number of halogens is 1. The maximum atomic E-state index is 11.8. The molecule has 0 fully saturated rings. The van der Waals surface area contributed by atoms with Crippen LogP contribution in [0, 0.1) is 6.92 Å². The molecular weight excluding hydrogens is 276 g/mol. The number of carbonyl (C=O) groups excluding carboxylic acids is 1. The molecule has 0 aliphatic heterocycles. The van der Waals surface area contributed by atoms with E-state index in [1.165, 1.54) is 5.56 Å². The molecule has 0 spiro atoms. The van der Waals surface area contributed by atoms with Crippen molar-refractivity contribution in [2.75, 3.05) is 33.8 Å². The number of benzene rings is 1. The lowest BCUT2D eigenvalue weighted by atomic mass is 10.2. The summed E-state index contributed by atoms with van der Waals surface area (Å²) in [6, 6.07) is 7.95. The van der Waals surface area contributed by atoms with Crippen molar-refractivity contribution in [2.24, 2.45) is 0 Å². The molecule has 1 amide bonds. The molecule has 1 rings (SSSR count). The summed E-state index contributed by atoms with van der Waals surface area (Å²) < 4.78 is 5.62. The molecule has 0 saturated heterocycles. The van der Waals surface area contributed by atoms with Crippen LogP contribution in [-0.2, 0) is 4.79 Å². The van der Waals surface area contributed by atoms with Crippen molar-refractivity contribution in [3.8, 4) is 5.75 Å². The van der Waals surface area contributed by atoms with Crippen molar-refractivity contribution in [1.29, 1.82) is 0 Å². The van der Waals surface area contributed by atoms with Gasteiger partial charge in [0.1, 0.15) is 5.75 Å². The monoisotopic (exact) mass is 300 g/mol. The highest BCUT2D eigenvalue weighted by Crippen LogP contribution is 2.12. The first kappa shape index (κ1) is 18.7. The number of nitrogens with zero attached hydrogens (tertiary/aromatic N) is 1. The number of aryl methyl sites for hydroxylation is 1. The highest BCUT2D eigenvalue weighted by atomic mass is 35.5. The van der Waals surface area contributed by atoms with Gasteiger partial charge in [0.15, 0.2) is 0 Å². The second kappa shape index (κ2) is 10.5. The number of ether oxygens (including phenoxy) is 1. The predicted molar refractivity (Wildman–Crippen MR) is 84.7 cm³/mol. The summed E-state index contributed by atoms with van der Waals surface area (Å²) in [5, 5.41) is 3.03. The Bertz CT molecular complexity index is 399. The fourth-order valence-corrected chi connectivity index (χ4v) is 1.71. The molecule has 0 heterocycles. The first-order chi connectivity index (χ1) is 9.13. The third-order valence-corrected chi connectivity index (χ3v) is 2.92. The van der Waals surface area contributed by atoms with Gasteiger partial charge in [-0.15, -0.1) is 12.4 Å². The Morgan fingerprint density at radius 2 is 2.15 bits per heavy atom. The molecule has 1 aromatic rings. The lowest BCUT2D eigenvalue weighted by Gasteiger charge is -2.16. The van der Waals surface area contributed by atoms with Crippen molar-refractivity contribution in [2.45, 2.75) is 19.8 Å². The first-order valence-electron chi connectivity index (χ1n) is 6.71. The Labute approximate surface area is 127 Å². The van der Waals surface area contributed by atoms with Gasteiger partial charge in [-0.25, -0.2) is 0 Å². The lowest BCUT2D eigenvalue weighted by Crippen LogP contribution is -2.32. The number of hydrogen-bond acceptors (Lipinski definition) is 3. The Morgan fingerprint density at radius 1 is 1.40 bits per heavy atom.